The van der Waals surface area contributed by atoms with E-state index < -0.39 is 0 Å². The maximum atomic E-state index is 11.8. The Morgan fingerprint density at radius 2 is 2.06 bits per heavy atom. The first-order chi connectivity index (χ1) is 7.68. The molecule has 2 nitrogen and oxygen atoms in total. The fourth-order valence-corrected chi connectivity index (χ4v) is 2.70. The zero-order valence-corrected chi connectivity index (χ0v) is 10.2. The normalized spacial score (nSPS) is 18.6. The van der Waals surface area contributed by atoms with Gasteiger partial charge in [0.05, 0.1) is 10.0 Å². The molecule has 0 bridgehead atoms. The highest BCUT2D eigenvalue weighted by atomic mass is 79.9. The predicted molar refractivity (Wildman–Crippen MR) is 66.1 cm³/mol. The summed E-state index contributed by atoms with van der Waals surface area (Å²) in [5.41, 5.74) is 0.679. The van der Waals surface area contributed by atoms with Crippen LogP contribution in [-0.4, -0.2) is 11.9 Å². The Bertz CT molecular complexity index is 604. The molecule has 0 saturated heterocycles. The monoisotopic (exact) mass is 276 g/mol. The Hall–Kier alpha value is -1.35. The number of carbonyl (C=O) groups is 1. The lowest BCUT2D eigenvalue weighted by atomic mass is 10.0. The third kappa shape index (κ3) is 1.21. The van der Waals surface area contributed by atoms with Gasteiger partial charge in [-0.3, -0.25) is 4.79 Å². The molecule has 1 aliphatic rings. The van der Waals surface area contributed by atoms with Crippen LogP contribution >= 0.6 is 15.9 Å². The number of ketones is 1. The number of Topliss-reactive ketones (excluding diaryl/α,β-unsaturated/α-hetero) is 1. The van der Waals surface area contributed by atoms with Gasteiger partial charge in [-0.1, -0.05) is 24.3 Å². The standard InChI is InChI=1S/C13H9BrO2/c1-7-12(15)10-6-8-4-2-3-5-9(8)11(14)13(10)16-7/h2-7H,1H3. The molecule has 0 fully saturated rings. The van der Waals surface area contributed by atoms with Gasteiger partial charge in [-0.2, -0.15) is 0 Å². The number of hydrogen-bond acceptors (Lipinski definition) is 2. The average molecular weight is 277 g/mol. The molecule has 2 aromatic carbocycles. The molecule has 0 N–H and O–H groups in total. The van der Waals surface area contributed by atoms with Crippen molar-refractivity contribution in [2.75, 3.05) is 0 Å². The number of carbonyl (C=O) groups excluding carboxylic acids is 1. The van der Waals surface area contributed by atoms with Gasteiger partial charge in [-0.15, -0.1) is 0 Å². The van der Waals surface area contributed by atoms with Crippen LogP contribution in [0, 0.1) is 0 Å². The molecule has 0 aromatic heterocycles. The van der Waals surface area contributed by atoms with Crippen LogP contribution in [0.4, 0.5) is 0 Å². The van der Waals surface area contributed by atoms with E-state index in [9.17, 15) is 4.79 Å². The zero-order valence-electron chi connectivity index (χ0n) is 8.66. The number of benzene rings is 2. The molecule has 3 heteroatoms. The predicted octanol–water partition coefficient (Wildman–Crippen LogP) is 3.57. The first-order valence-corrected chi connectivity index (χ1v) is 5.90. The van der Waals surface area contributed by atoms with Crippen LogP contribution in [0.1, 0.15) is 17.3 Å². The summed E-state index contributed by atoms with van der Waals surface area (Å²) in [5, 5.41) is 2.13. The second-order valence-corrected chi connectivity index (χ2v) is 4.71. The van der Waals surface area contributed by atoms with E-state index in [2.05, 4.69) is 15.9 Å². The topological polar surface area (TPSA) is 26.3 Å². The minimum absolute atomic E-state index is 0.0569. The summed E-state index contributed by atoms with van der Waals surface area (Å²) in [6.07, 6.45) is -0.372. The molecule has 0 spiro atoms. The Balaban J connectivity index is 2.40. The van der Waals surface area contributed by atoms with E-state index in [1.807, 2.05) is 30.3 Å². The molecule has 80 valence electrons. The molecule has 0 aliphatic carbocycles. The molecule has 2 aromatic rings. The van der Waals surface area contributed by atoms with E-state index >= 15 is 0 Å². The van der Waals surface area contributed by atoms with Gasteiger partial charge in [0.25, 0.3) is 0 Å². The lowest BCUT2D eigenvalue weighted by Crippen LogP contribution is -2.14. The van der Waals surface area contributed by atoms with Gasteiger partial charge in [0, 0.05) is 0 Å². The van der Waals surface area contributed by atoms with Crippen molar-refractivity contribution in [2.24, 2.45) is 0 Å². The number of fused-ring (bicyclic) bond motifs is 2. The van der Waals surface area contributed by atoms with Crippen molar-refractivity contribution in [2.45, 2.75) is 13.0 Å². The van der Waals surface area contributed by atoms with Crippen molar-refractivity contribution in [1.82, 2.24) is 0 Å². The molecular weight excluding hydrogens is 268 g/mol. The second kappa shape index (κ2) is 3.32. The second-order valence-electron chi connectivity index (χ2n) is 3.91. The van der Waals surface area contributed by atoms with Crippen LogP contribution in [0.3, 0.4) is 0 Å². The molecule has 1 unspecified atom stereocenters. The summed E-state index contributed by atoms with van der Waals surface area (Å²) in [6.45, 7) is 1.78. The summed E-state index contributed by atoms with van der Waals surface area (Å²) in [6, 6.07) is 9.85. The molecule has 1 atom stereocenters. The summed E-state index contributed by atoms with van der Waals surface area (Å²) in [4.78, 5) is 11.8. The molecule has 16 heavy (non-hydrogen) atoms. The molecule has 1 aliphatic heterocycles. The molecule has 0 radical (unpaired) electrons. The molecule has 0 amide bonds. The van der Waals surface area contributed by atoms with E-state index in [1.165, 1.54) is 0 Å². The minimum Gasteiger partial charge on any atom is -0.481 e. The van der Waals surface area contributed by atoms with Crippen molar-refractivity contribution in [3.8, 4) is 5.75 Å². The lowest BCUT2D eigenvalue weighted by Gasteiger charge is -2.06. The van der Waals surface area contributed by atoms with Gasteiger partial charge in [-0.25, -0.2) is 0 Å². The van der Waals surface area contributed by atoms with Crippen molar-refractivity contribution in [1.29, 1.82) is 0 Å². The Morgan fingerprint density at radius 3 is 2.88 bits per heavy atom. The van der Waals surface area contributed by atoms with Crippen LogP contribution in [0.2, 0.25) is 0 Å². The van der Waals surface area contributed by atoms with Crippen LogP contribution in [-0.2, 0) is 0 Å². The van der Waals surface area contributed by atoms with Crippen LogP contribution in [0.25, 0.3) is 10.8 Å². The van der Waals surface area contributed by atoms with E-state index in [-0.39, 0.29) is 11.9 Å². The molecular formula is C13H9BrO2. The van der Waals surface area contributed by atoms with Crippen molar-refractivity contribution in [3.63, 3.8) is 0 Å². The highest BCUT2D eigenvalue weighted by molar-refractivity contribution is 9.10. The summed E-state index contributed by atoms with van der Waals surface area (Å²) < 4.78 is 6.43. The summed E-state index contributed by atoms with van der Waals surface area (Å²) in [7, 11) is 0. The summed E-state index contributed by atoms with van der Waals surface area (Å²) in [5.74, 6) is 0.734. The summed E-state index contributed by atoms with van der Waals surface area (Å²) >= 11 is 3.51. The SMILES string of the molecule is CC1Oc2c(cc3ccccc3c2Br)C1=O. The van der Waals surface area contributed by atoms with Crippen molar-refractivity contribution < 1.29 is 9.53 Å². The van der Waals surface area contributed by atoms with Gasteiger partial charge in [0.1, 0.15) is 5.75 Å². The fraction of sp³-hybridized carbons (Fsp3) is 0.154. The van der Waals surface area contributed by atoms with Crippen molar-refractivity contribution >= 4 is 32.5 Å². The molecule has 3 rings (SSSR count). The van der Waals surface area contributed by atoms with E-state index in [0.29, 0.717) is 11.3 Å². The lowest BCUT2D eigenvalue weighted by molar-refractivity contribution is 0.0878. The number of ether oxygens (including phenoxy) is 1. The number of hydrogen-bond donors (Lipinski definition) is 0. The zero-order chi connectivity index (χ0) is 11.3. The van der Waals surface area contributed by atoms with Gasteiger partial charge in [0.15, 0.2) is 6.10 Å². The van der Waals surface area contributed by atoms with Gasteiger partial charge in [-0.05, 0) is 39.7 Å². The van der Waals surface area contributed by atoms with Crippen LogP contribution < -0.4 is 4.74 Å². The van der Waals surface area contributed by atoms with Crippen LogP contribution in [0.5, 0.6) is 5.75 Å². The number of rotatable bonds is 0. The van der Waals surface area contributed by atoms with Crippen LogP contribution in [0.15, 0.2) is 34.8 Å². The third-order valence-corrected chi connectivity index (χ3v) is 3.66. The first-order valence-electron chi connectivity index (χ1n) is 5.10. The van der Waals surface area contributed by atoms with Gasteiger partial charge in [0.2, 0.25) is 5.78 Å². The molecule has 1 heterocycles. The largest absolute Gasteiger partial charge is 0.481 e. The van der Waals surface area contributed by atoms with Gasteiger partial charge < -0.3 is 4.74 Å². The fourth-order valence-electron chi connectivity index (χ4n) is 2.03. The highest BCUT2D eigenvalue weighted by Gasteiger charge is 2.31. The Labute approximate surface area is 101 Å². The van der Waals surface area contributed by atoms with Gasteiger partial charge >= 0.3 is 0 Å². The Morgan fingerprint density at radius 1 is 1.31 bits per heavy atom. The van der Waals surface area contributed by atoms with Crippen molar-refractivity contribution in [3.05, 3.63) is 40.4 Å². The smallest absolute Gasteiger partial charge is 0.206 e. The maximum absolute atomic E-state index is 11.8. The highest BCUT2D eigenvalue weighted by Crippen LogP contribution is 2.41. The maximum Gasteiger partial charge on any atom is 0.206 e. The van der Waals surface area contributed by atoms with E-state index in [4.69, 9.17) is 4.74 Å². The van der Waals surface area contributed by atoms with E-state index in [0.717, 1.165) is 15.2 Å². The quantitative estimate of drug-likeness (QED) is 0.736. The molecule has 0 saturated carbocycles. The minimum atomic E-state index is -0.372. The third-order valence-electron chi connectivity index (χ3n) is 2.87. The number of halogens is 1. The Kier molecular flexibility index (Phi) is 2.04. The first kappa shape index (κ1) is 9.85. The van der Waals surface area contributed by atoms with E-state index in [1.54, 1.807) is 6.92 Å². The average Bonchev–Trinajstić information content (AvgIpc) is 2.58.